The van der Waals surface area contributed by atoms with E-state index in [0.717, 1.165) is 22.3 Å². The van der Waals surface area contributed by atoms with Gasteiger partial charge in [-0.05, 0) is 84.0 Å². The van der Waals surface area contributed by atoms with Crippen LogP contribution in [0.1, 0.15) is 33.4 Å². The highest BCUT2D eigenvalue weighted by Crippen LogP contribution is 2.36. The highest BCUT2D eigenvalue weighted by molar-refractivity contribution is 6.37. The smallest absolute Gasteiger partial charge is 0.247 e. The maximum atomic E-state index is 14.5. The van der Waals surface area contributed by atoms with Gasteiger partial charge in [0.15, 0.2) is 5.75 Å². The van der Waals surface area contributed by atoms with Gasteiger partial charge in [-0.2, -0.15) is 0 Å². The Kier molecular flexibility index (Phi) is 10.2. The van der Waals surface area contributed by atoms with Gasteiger partial charge in [0.05, 0.1) is 22.0 Å². The molecule has 0 fully saturated rings. The SMILES string of the molecule is Cc1cc(Cl)c(OCCOc2ccc(C3=CC(=O)N(Cc4ccccc4)CC3C(=O)N(Cc3cccc(C)c3C)C3C=C3)cc2)c(Cl)c1. The Morgan fingerprint density at radius 2 is 1.56 bits per heavy atom. The van der Waals surface area contributed by atoms with Gasteiger partial charge in [-0.15, -0.1) is 0 Å². The molecule has 0 bridgehead atoms. The molecule has 0 radical (unpaired) electrons. The van der Waals surface area contributed by atoms with Crippen molar-refractivity contribution in [3.8, 4) is 11.5 Å². The first-order valence-corrected chi connectivity index (χ1v) is 16.8. The zero-order valence-electron chi connectivity index (χ0n) is 27.3. The summed E-state index contributed by atoms with van der Waals surface area (Å²) in [5, 5.41) is 0.910. The molecule has 0 spiro atoms. The van der Waals surface area contributed by atoms with Crippen LogP contribution in [-0.4, -0.2) is 47.4 Å². The van der Waals surface area contributed by atoms with Crippen molar-refractivity contribution in [2.75, 3.05) is 19.8 Å². The quantitative estimate of drug-likeness (QED) is 0.111. The molecule has 1 aliphatic carbocycles. The molecule has 246 valence electrons. The van der Waals surface area contributed by atoms with Crippen molar-refractivity contribution >= 4 is 40.6 Å². The highest BCUT2D eigenvalue weighted by atomic mass is 35.5. The summed E-state index contributed by atoms with van der Waals surface area (Å²) < 4.78 is 11.7. The van der Waals surface area contributed by atoms with Crippen LogP contribution in [0.4, 0.5) is 0 Å². The van der Waals surface area contributed by atoms with Gasteiger partial charge in [-0.1, -0.05) is 96.0 Å². The van der Waals surface area contributed by atoms with Gasteiger partial charge in [0.2, 0.25) is 11.8 Å². The molecule has 1 aliphatic heterocycles. The second-order valence-electron chi connectivity index (χ2n) is 12.3. The minimum absolute atomic E-state index is 0.00591. The molecule has 48 heavy (non-hydrogen) atoms. The first-order valence-electron chi connectivity index (χ1n) is 16.1. The van der Waals surface area contributed by atoms with Crippen LogP contribution < -0.4 is 9.47 Å². The van der Waals surface area contributed by atoms with Crippen LogP contribution in [0.5, 0.6) is 11.5 Å². The predicted molar refractivity (Wildman–Crippen MR) is 191 cm³/mol. The number of aryl methyl sites for hydroxylation is 2. The van der Waals surface area contributed by atoms with Crippen LogP contribution in [-0.2, 0) is 22.7 Å². The first kappa shape index (κ1) is 33.4. The summed E-state index contributed by atoms with van der Waals surface area (Å²) in [6.45, 7) is 7.84. The predicted octanol–water partition coefficient (Wildman–Crippen LogP) is 8.39. The van der Waals surface area contributed by atoms with E-state index in [2.05, 4.69) is 26.0 Å². The highest BCUT2D eigenvalue weighted by Gasteiger charge is 2.38. The third-order valence-electron chi connectivity index (χ3n) is 8.88. The third-order valence-corrected chi connectivity index (χ3v) is 9.44. The number of halogens is 2. The summed E-state index contributed by atoms with van der Waals surface area (Å²) in [4.78, 5) is 31.8. The largest absolute Gasteiger partial charge is 0.490 e. The number of hydrogen-bond donors (Lipinski definition) is 0. The van der Waals surface area contributed by atoms with E-state index < -0.39 is 5.92 Å². The van der Waals surface area contributed by atoms with Crippen molar-refractivity contribution in [2.24, 2.45) is 5.92 Å². The number of amides is 2. The Balaban J connectivity index is 1.21. The van der Waals surface area contributed by atoms with Gasteiger partial charge in [-0.25, -0.2) is 0 Å². The fraction of sp³-hybridized carbons (Fsp3) is 0.250. The molecule has 1 unspecified atom stereocenters. The van der Waals surface area contributed by atoms with E-state index in [4.69, 9.17) is 32.7 Å². The molecule has 8 heteroatoms. The number of hydrogen-bond acceptors (Lipinski definition) is 4. The summed E-state index contributed by atoms with van der Waals surface area (Å²) in [6.07, 6.45) is 5.71. The van der Waals surface area contributed by atoms with Gasteiger partial charge in [-0.3, -0.25) is 9.59 Å². The molecule has 0 aromatic heterocycles. The van der Waals surface area contributed by atoms with E-state index in [0.29, 0.717) is 40.2 Å². The Hall–Kier alpha value is -4.52. The molecule has 6 rings (SSSR count). The lowest BCUT2D eigenvalue weighted by atomic mass is 9.87. The van der Waals surface area contributed by atoms with Gasteiger partial charge in [0.25, 0.3) is 0 Å². The standard InChI is InChI=1S/C40H38Cl2N2O4/c1-26-20-36(41)39(37(42)21-26)48-19-18-47-33-16-12-30(13-17-33)34-22-38(45)43(23-29-9-5-4-6-10-29)25-35(34)40(46)44(32-14-15-32)24-31-11-7-8-27(2)28(31)3/h4-17,20-22,32,35H,18-19,23-25H2,1-3H3. The van der Waals surface area contributed by atoms with Gasteiger partial charge in [0.1, 0.15) is 19.0 Å². The summed E-state index contributed by atoms with van der Waals surface area (Å²) in [6, 6.07) is 27.1. The third kappa shape index (κ3) is 7.78. The van der Waals surface area contributed by atoms with E-state index >= 15 is 0 Å². The van der Waals surface area contributed by atoms with E-state index in [1.54, 1.807) is 23.1 Å². The average molecular weight is 682 g/mol. The second-order valence-corrected chi connectivity index (χ2v) is 13.2. The Morgan fingerprint density at radius 3 is 2.25 bits per heavy atom. The normalized spacial score (nSPS) is 15.7. The first-order chi connectivity index (χ1) is 23.2. The number of carbonyl (C=O) groups excluding carboxylic acids is 2. The second kappa shape index (κ2) is 14.7. The Bertz CT molecular complexity index is 1840. The molecule has 2 amide bonds. The van der Waals surface area contributed by atoms with Crippen LogP contribution in [0, 0.1) is 26.7 Å². The zero-order chi connectivity index (χ0) is 33.8. The molecule has 1 heterocycles. The van der Waals surface area contributed by atoms with Crippen molar-refractivity contribution in [2.45, 2.75) is 39.9 Å². The molecule has 6 nitrogen and oxygen atoms in total. The van der Waals surface area contributed by atoms with Crippen molar-refractivity contribution in [1.82, 2.24) is 9.80 Å². The molecule has 0 saturated carbocycles. The summed E-state index contributed by atoms with van der Waals surface area (Å²) in [5.74, 6) is 0.409. The van der Waals surface area contributed by atoms with Crippen LogP contribution in [0.25, 0.3) is 5.57 Å². The molecule has 0 N–H and O–H groups in total. The summed E-state index contributed by atoms with van der Waals surface area (Å²) >= 11 is 12.6. The molecule has 4 aromatic carbocycles. The van der Waals surface area contributed by atoms with Gasteiger partial charge in [0, 0.05) is 25.7 Å². The van der Waals surface area contributed by atoms with Crippen LogP contribution >= 0.6 is 23.2 Å². The van der Waals surface area contributed by atoms with Crippen molar-refractivity contribution in [3.63, 3.8) is 0 Å². The van der Waals surface area contributed by atoms with Crippen LogP contribution in [0.3, 0.4) is 0 Å². The molecular weight excluding hydrogens is 643 g/mol. The van der Waals surface area contributed by atoms with Crippen LogP contribution in [0.2, 0.25) is 10.0 Å². The average Bonchev–Trinajstić information content (AvgIpc) is 3.91. The van der Waals surface area contributed by atoms with Gasteiger partial charge >= 0.3 is 0 Å². The monoisotopic (exact) mass is 680 g/mol. The topological polar surface area (TPSA) is 59.1 Å². The lowest BCUT2D eigenvalue weighted by Gasteiger charge is -2.36. The fourth-order valence-corrected chi connectivity index (χ4v) is 6.71. The lowest BCUT2D eigenvalue weighted by Crippen LogP contribution is -2.46. The Morgan fingerprint density at radius 1 is 0.875 bits per heavy atom. The van der Waals surface area contributed by atoms with E-state index in [1.807, 2.05) is 84.6 Å². The summed E-state index contributed by atoms with van der Waals surface area (Å²) in [7, 11) is 0. The number of carbonyl (C=O) groups is 2. The number of rotatable bonds is 12. The van der Waals surface area contributed by atoms with Gasteiger partial charge < -0.3 is 19.3 Å². The van der Waals surface area contributed by atoms with Crippen molar-refractivity contribution in [3.05, 3.63) is 147 Å². The molecule has 2 aliphatic rings. The van der Waals surface area contributed by atoms with E-state index in [-0.39, 0.29) is 37.6 Å². The number of nitrogens with zero attached hydrogens (tertiary/aromatic N) is 2. The van der Waals surface area contributed by atoms with Crippen LogP contribution in [0.15, 0.2) is 103 Å². The fourth-order valence-electron chi connectivity index (χ4n) is 6.00. The zero-order valence-corrected chi connectivity index (χ0v) is 28.8. The van der Waals surface area contributed by atoms with E-state index in [1.165, 1.54) is 11.1 Å². The molecule has 1 atom stereocenters. The molecular formula is C40H38Cl2N2O4. The lowest BCUT2D eigenvalue weighted by molar-refractivity contribution is -0.137. The maximum Gasteiger partial charge on any atom is 0.247 e. The summed E-state index contributed by atoms with van der Waals surface area (Å²) in [5.41, 5.74) is 6.98. The van der Waals surface area contributed by atoms with E-state index in [9.17, 15) is 9.59 Å². The minimum atomic E-state index is -0.539. The Labute approximate surface area is 292 Å². The molecule has 0 saturated heterocycles. The van der Waals surface area contributed by atoms with Crippen molar-refractivity contribution < 1.29 is 19.1 Å². The number of benzene rings is 4. The minimum Gasteiger partial charge on any atom is -0.490 e. The van der Waals surface area contributed by atoms with Crippen molar-refractivity contribution in [1.29, 1.82) is 0 Å². The maximum absolute atomic E-state index is 14.5. The molecule has 4 aromatic rings. The number of ether oxygens (including phenoxy) is 2.